The van der Waals surface area contributed by atoms with Crippen molar-refractivity contribution in [2.75, 3.05) is 11.9 Å². The highest BCUT2D eigenvalue weighted by atomic mass is 16.1. The first-order valence-corrected chi connectivity index (χ1v) is 12.8. The van der Waals surface area contributed by atoms with Gasteiger partial charge in [-0.25, -0.2) is 9.97 Å². The molecule has 37 heavy (non-hydrogen) atoms. The molecule has 9 nitrogen and oxygen atoms in total. The summed E-state index contributed by atoms with van der Waals surface area (Å²) in [7, 11) is 0. The van der Waals surface area contributed by atoms with Crippen LogP contribution >= 0.6 is 0 Å². The lowest BCUT2D eigenvalue weighted by molar-refractivity contribution is 0.0939. The first kappa shape index (κ1) is 24.6. The number of amides is 1. The number of nitrogens with one attached hydrogen (secondary N) is 2. The SMILES string of the molecule is CC(NC(=O)c1cccc(Nc2nccc(-c3cnn(C(CN)C4CCCC4)c3)n2)c1)c1ccccn1. The van der Waals surface area contributed by atoms with Gasteiger partial charge < -0.3 is 16.4 Å². The lowest BCUT2D eigenvalue weighted by Gasteiger charge is -2.22. The molecule has 1 aliphatic rings. The zero-order valence-electron chi connectivity index (χ0n) is 20.9. The Balaban J connectivity index is 1.28. The number of anilines is 2. The summed E-state index contributed by atoms with van der Waals surface area (Å²) in [5.41, 5.74) is 9.84. The van der Waals surface area contributed by atoms with Gasteiger partial charge in [0.15, 0.2) is 0 Å². The van der Waals surface area contributed by atoms with Crippen molar-refractivity contribution < 1.29 is 4.79 Å². The van der Waals surface area contributed by atoms with Crippen LogP contribution < -0.4 is 16.4 Å². The Hall–Kier alpha value is -4.11. The Morgan fingerprint density at radius 1 is 1.11 bits per heavy atom. The molecule has 1 fully saturated rings. The van der Waals surface area contributed by atoms with Crippen molar-refractivity contribution in [1.29, 1.82) is 0 Å². The third kappa shape index (κ3) is 5.83. The van der Waals surface area contributed by atoms with E-state index in [4.69, 9.17) is 5.73 Å². The number of carbonyl (C=O) groups excluding carboxylic acids is 1. The van der Waals surface area contributed by atoms with Crippen LogP contribution in [0.4, 0.5) is 11.6 Å². The maximum atomic E-state index is 12.8. The van der Waals surface area contributed by atoms with Gasteiger partial charge in [0.25, 0.3) is 5.91 Å². The van der Waals surface area contributed by atoms with E-state index in [1.807, 2.05) is 60.4 Å². The van der Waals surface area contributed by atoms with E-state index in [-0.39, 0.29) is 18.0 Å². The Labute approximate surface area is 216 Å². The number of nitrogens with two attached hydrogens (primary N) is 1. The van der Waals surface area contributed by atoms with E-state index >= 15 is 0 Å². The number of carbonyl (C=O) groups is 1. The molecule has 1 aromatic carbocycles. The van der Waals surface area contributed by atoms with E-state index in [9.17, 15) is 4.79 Å². The highest BCUT2D eigenvalue weighted by Gasteiger charge is 2.26. The van der Waals surface area contributed by atoms with Crippen LogP contribution in [0.15, 0.2) is 73.3 Å². The lowest BCUT2D eigenvalue weighted by Crippen LogP contribution is -2.27. The number of benzene rings is 1. The van der Waals surface area contributed by atoms with Crippen LogP contribution in [-0.4, -0.2) is 37.2 Å². The van der Waals surface area contributed by atoms with Crippen LogP contribution in [0.1, 0.15) is 60.7 Å². The molecule has 3 heterocycles. The lowest BCUT2D eigenvalue weighted by atomic mass is 9.98. The maximum Gasteiger partial charge on any atom is 0.251 e. The molecule has 2 atom stereocenters. The minimum atomic E-state index is -0.209. The molecule has 1 aliphatic carbocycles. The standard InChI is InChI=1S/C28H32N8O/c1-19(24-11-4-5-13-30-24)33-27(37)21-9-6-10-23(15-21)34-28-31-14-12-25(35-28)22-17-32-36(18-22)26(16-29)20-7-2-3-8-20/h4-6,9-15,17-20,26H,2-3,7-8,16,29H2,1H3,(H,33,37)(H,31,34,35). The van der Waals surface area contributed by atoms with Gasteiger partial charge in [0, 0.05) is 41.9 Å². The molecular weight excluding hydrogens is 464 g/mol. The second-order valence-corrected chi connectivity index (χ2v) is 9.48. The van der Waals surface area contributed by atoms with Gasteiger partial charge in [-0.15, -0.1) is 0 Å². The van der Waals surface area contributed by atoms with Crippen molar-refractivity contribution >= 4 is 17.5 Å². The van der Waals surface area contributed by atoms with Crippen molar-refractivity contribution in [1.82, 2.24) is 30.0 Å². The fourth-order valence-corrected chi connectivity index (χ4v) is 4.94. The molecule has 5 rings (SSSR count). The Morgan fingerprint density at radius 3 is 2.76 bits per heavy atom. The van der Waals surface area contributed by atoms with Gasteiger partial charge in [-0.05, 0) is 62.1 Å². The Bertz CT molecular complexity index is 1330. The summed E-state index contributed by atoms with van der Waals surface area (Å²) >= 11 is 0. The van der Waals surface area contributed by atoms with Gasteiger partial charge in [0.2, 0.25) is 5.95 Å². The molecule has 0 spiro atoms. The normalized spacial score (nSPS) is 15.3. The van der Waals surface area contributed by atoms with Gasteiger partial charge >= 0.3 is 0 Å². The summed E-state index contributed by atoms with van der Waals surface area (Å²) in [6, 6.07) is 14.8. The summed E-state index contributed by atoms with van der Waals surface area (Å²) in [5, 5.41) is 10.8. The molecule has 0 aliphatic heterocycles. The minimum absolute atomic E-state index is 0.180. The average molecular weight is 497 g/mol. The van der Waals surface area contributed by atoms with E-state index in [0.29, 0.717) is 24.0 Å². The zero-order chi connectivity index (χ0) is 25.6. The second-order valence-electron chi connectivity index (χ2n) is 9.48. The third-order valence-electron chi connectivity index (χ3n) is 6.94. The minimum Gasteiger partial charge on any atom is -0.344 e. The fourth-order valence-electron chi connectivity index (χ4n) is 4.94. The maximum absolute atomic E-state index is 12.8. The predicted molar refractivity (Wildman–Crippen MR) is 143 cm³/mol. The molecule has 190 valence electrons. The predicted octanol–water partition coefficient (Wildman–Crippen LogP) is 4.66. The van der Waals surface area contributed by atoms with Crippen molar-refractivity contribution in [2.45, 2.75) is 44.7 Å². The second kappa shape index (κ2) is 11.3. The average Bonchev–Trinajstić information content (AvgIpc) is 3.64. The Kier molecular flexibility index (Phi) is 7.51. The van der Waals surface area contributed by atoms with Crippen LogP contribution in [0.2, 0.25) is 0 Å². The molecule has 0 radical (unpaired) electrons. The Morgan fingerprint density at radius 2 is 1.97 bits per heavy atom. The van der Waals surface area contributed by atoms with E-state index < -0.39 is 0 Å². The number of nitrogens with zero attached hydrogens (tertiary/aromatic N) is 5. The van der Waals surface area contributed by atoms with Gasteiger partial charge in [0.1, 0.15) is 0 Å². The molecule has 2 unspecified atom stereocenters. The summed E-state index contributed by atoms with van der Waals surface area (Å²) in [6.07, 6.45) is 12.2. The van der Waals surface area contributed by atoms with Crippen molar-refractivity contribution in [3.63, 3.8) is 0 Å². The van der Waals surface area contributed by atoms with Crippen LogP contribution in [0.5, 0.6) is 0 Å². The summed E-state index contributed by atoms with van der Waals surface area (Å²) in [6.45, 7) is 2.49. The van der Waals surface area contributed by atoms with Crippen molar-refractivity contribution in [3.8, 4) is 11.3 Å². The largest absolute Gasteiger partial charge is 0.344 e. The molecule has 0 bridgehead atoms. The summed E-state index contributed by atoms with van der Waals surface area (Å²) < 4.78 is 1.99. The topological polar surface area (TPSA) is 124 Å². The summed E-state index contributed by atoms with van der Waals surface area (Å²) in [4.78, 5) is 26.2. The van der Waals surface area contributed by atoms with Crippen molar-refractivity contribution in [2.24, 2.45) is 11.7 Å². The van der Waals surface area contributed by atoms with Gasteiger partial charge in [-0.1, -0.05) is 25.0 Å². The fraction of sp³-hybridized carbons (Fsp3) is 0.321. The highest BCUT2D eigenvalue weighted by Crippen LogP contribution is 2.34. The van der Waals surface area contributed by atoms with Crippen molar-refractivity contribution in [3.05, 3.63) is 84.6 Å². The third-order valence-corrected chi connectivity index (χ3v) is 6.94. The van der Waals surface area contributed by atoms with Gasteiger partial charge in [-0.2, -0.15) is 5.10 Å². The number of hydrogen-bond acceptors (Lipinski definition) is 7. The first-order valence-electron chi connectivity index (χ1n) is 12.8. The quantitative estimate of drug-likeness (QED) is 0.308. The smallest absolute Gasteiger partial charge is 0.251 e. The first-order chi connectivity index (χ1) is 18.1. The molecule has 0 saturated heterocycles. The monoisotopic (exact) mass is 496 g/mol. The van der Waals surface area contributed by atoms with Crippen LogP contribution in [0, 0.1) is 5.92 Å². The van der Waals surface area contributed by atoms with Crippen LogP contribution in [0.3, 0.4) is 0 Å². The van der Waals surface area contributed by atoms with Gasteiger partial charge in [-0.3, -0.25) is 14.5 Å². The molecule has 1 saturated carbocycles. The van der Waals surface area contributed by atoms with E-state index in [1.165, 1.54) is 25.7 Å². The highest BCUT2D eigenvalue weighted by molar-refractivity contribution is 5.95. The molecular formula is C28H32N8O. The zero-order valence-corrected chi connectivity index (χ0v) is 20.9. The van der Waals surface area contributed by atoms with E-state index in [1.54, 1.807) is 24.5 Å². The molecule has 1 amide bonds. The summed E-state index contributed by atoms with van der Waals surface area (Å²) in [5.74, 6) is 0.841. The number of rotatable bonds is 9. The van der Waals surface area contributed by atoms with Crippen LogP contribution in [0.25, 0.3) is 11.3 Å². The number of pyridine rings is 1. The van der Waals surface area contributed by atoms with Gasteiger partial charge in [0.05, 0.1) is 29.7 Å². The van der Waals surface area contributed by atoms with Crippen LogP contribution in [-0.2, 0) is 0 Å². The molecule has 4 N–H and O–H groups in total. The van der Waals surface area contributed by atoms with E-state index in [0.717, 1.165) is 22.6 Å². The molecule has 9 heteroatoms. The van der Waals surface area contributed by atoms with E-state index in [2.05, 4.69) is 30.7 Å². The number of aromatic nitrogens is 5. The molecule has 4 aromatic rings. The molecule has 3 aromatic heterocycles. The number of hydrogen-bond donors (Lipinski definition) is 3.